The lowest BCUT2D eigenvalue weighted by atomic mass is 10.1. The highest BCUT2D eigenvalue weighted by Crippen LogP contribution is 2.23. The lowest BCUT2D eigenvalue weighted by Gasteiger charge is -2.06. The van der Waals surface area contributed by atoms with Gasteiger partial charge in [-0.15, -0.1) is 5.10 Å². The lowest BCUT2D eigenvalue weighted by Crippen LogP contribution is -2.14. The van der Waals surface area contributed by atoms with Crippen molar-refractivity contribution in [1.29, 1.82) is 0 Å². The molecule has 178 valence electrons. The number of hydrogen-bond donors (Lipinski definition) is 3. The Hall–Kier alpha value is -4.24. The van der Waals surface area contributed by atoms with Gasteiger partial charge in [-0.3, -0.25) is 15.0 Å². The largest absolute Gasteiger partial charge is 0.507 e. The van der Waals surface area contributed by atoms with Crippen molar-refractivity contribution in [3.8, 4) is 11.5 Å². The van der Waals surface area contributed by atoms with Crippen LogP contribution in [0.15, 0.2) is 69.9 Å². The molecule has 0 aliphatic heterocycles. The Morgan fingerprint density at radius 1 is 0.857 bits per heavy atom. The van der Waals surface area contributed by atoms with Gasteiger partial charge < -0.3 is 10.2 Å². The van der Waals surface area contributed by atoms with E-state index < -0.39 is 0 Å². The van der Waals surface area contributed by atoms with Gasteiger partial charge in [-0.05, 0) is 54.8 Å². The zero-order valence-electron chi connectivity index (χ0n) is 19.2. The summed E-state index contributed by atoms with van der Waals surface area (Å²) in [7, 11) is 0. The van der Waals surface area contributed by atoms with Gasteiger partial charge in [0.25, 0.3) is 0 Å². The molecule has 0 aromatic heterocycles. The third-order valence-corrected chi connectivity index (χ3v) is 5.73. The molecule has 0 aliphatic rings. The molecule has 3 aromatic carbocycles. The maximum atomic E-state index is 11.2. The minimum atomic E-state index is -0.171. The predicted molar refractivity (Wildman–Crippen MR) is 140 cm³/mol. The van der Waals surface area contributed by atoms with Crippen molar-refractivity contribution in [2.75, 3.05) is 0 Å². The first-order valence-corrected chi connectivity index (χ1v) is 11.5. The summed E-state index contributed by atoms with van der Waals surface area (Å²) in [5, 5.41) is 33.2. The van der Waals surface area contributed by atoms with E-state index in [1.807, 2.05) is 37.3 Å². The summed E-state index contributed by atoms with van der Waals surface area (Å²) in [6.45, 7) is 3.62. The van der Waals surface area contributed by atoms with Gasteiger partial charge in [-0.2, -0.15) is 10.2 Å². The summed E-state index contributed by atoms with van der Waals surface area (Å²) in [5.74, 6) is 0.258. The van der Waals surface area contributed by atoms with Crippen LogP contribution in [-0.2, 0) is 5.75 Å². The van der Waals surface area contributed by atoms with Crippen molar-refractivity contribution in [2.45, 2.75) is 19.6 Å². The predicted octanol–water partition coefficient (Wildman–Crippen LogP) is 4.59. The first-order valence-electron chi connectivity index (χ1n) is 10.6. The van der Waals surface area contributed by atoms with E-state index in [0.29, 0.717) is 34.6 Å². The van der Waals surface area contributed by atoms with E-state index in [9.17, 15) is 19.8 Å². The number of benzene rings is 3. The van der Waals surface area contributed by atoms with Crippen LogP contribution in [0.2, 0.25) is 0 Å². The molecule has 8 nitrogen and oxygen atoms in total. The standard InChI is InChI=1S/C26H24N4O4S/c1-17-8-20(24(33)22(10-17)14-31)12-27-29-26(35-16-19-6-4-3-5-7-19)30-28-13-21-9-18(2)11-23(15-32)25(21)34/h3-15,33-34H,16H2,1-2H3,(H,29,30). The molecule has 0 spiro atoms. The minimum absolute atomic E-state index is 0.162. The summed E-state index contributed by atoms with van der Waals surface area (Å²) in [6.07, 6.45) is 3.91. The summed E-state index contributed by atoms with van der Waals surface area (Å²) in [6, 6.07) is 16.3. The Balaban J connectivity index is 1.83. The summed E-state index contributed by atoms with van der Waals surface area (Å²) in [4.78, 5) is 22.3. The number of phenols is 2. The molecular weight excluding hydrogens is 464 g/mol. The molecule has 0 saturated carbocycles. The number of phenolic OH excluding ortho intramolecular Hbond substituents is 2. The highest BCUT2D eigenvalue weighted by atomic mass is 32.2. The topological polar surface area (TPSA) is 124 Å². The van der Waals surface area contributed by atoms with E-state index in [-0.39, 0.29) is 22.6 Å². The van der Waals surface area contributed by atoms with Gasteiger partial charge in [0.1, 0.15) is 11.5 Å². The average molecular weight is 489 g/mol. The summed E-state index contributed by atoms with van der Waals surface area (Å²) >= 11 is 1.35. The van der Waals surface area contributed by atoms with Crippen LogP contribution >= 0.6 is 11.8 Å². The smallest absolute Gasteiger partial charge is 0.203 e. The van der Waals surface area contributed by atoms with Gasteiger partial charge in [0.15, 0.2) is 12.6 Å². The van der Waals surface area contributed by atoms with E-state index in [1.165, 1.54) is 24.2 Å². The van der Waals surface area contributed by atoms with E-state index in [4.69, 9.17) is 0 Å². The highest BCUT2D eigenvalue weighted by molar-refractivity contribution is 8.13. The molecule has 3 N–H and O–H groups in total. The molecule has 0 unspecified atom stereocenters. The molecule has 35 heavy (non-hydrogen) atoms. The Bertz CT molecular complexity index is 1300. The van der Waals surface area contributed by atoms with Crippen LogP contribution in [0.5, 0.6) is 11.5 Å². The number of hydrazone groups is 1. The number of aryl methyl sites for hydroxylation is 2. The molecule has 0 bridgehead atoms. The molecule has 0 amide bonds. The number of carbonyl (C=O) groups is 2. The first kappa shape index (κ1) is 25.4. The van der Waals surface area contributed by atoms with Gasteiger partial charge in [0, 0.05) is 16.9 Å². The molecule has 9 heteroatoms. The van der Waals surface area contributed by atoms with Gasteiger partial charge >= 0.3 is 0 Å². The molecule has 0 aliphatic carbocycles. The molecule has 3 rings (SSSR count). The van der Waals surface area contributed by atoms with Crippen LogP contribution < -0.4 is 5.43 Å². The molecule has 3 aromatic rings. The number of amidine groups is 1. The second-order valence-electron chi connectivity index (χ2n) is 7.61. The number of rotatable bonds is 8. The van der Waals surface area contributed by atoms with Gasteiger partial charge in [0.05, 0.1) is 23.6 Å². The first-order chi connectivity index (χ1) is 16.9. The zero-order chi connectivity index (χ0) is 25.2. The Kier molecular flexibility index (Phi) is 8.91. The van der Waals surface area contributed by atoms with Gasteiger partial charge in [-0.1, -0.05) is 42.1 Å². The fraction of sp³-hybridized carbons (Fsp3) is 0.115. The van der Waals surface area contributed by atoms with E-state index in [1.54, 1.807) is 31.2 Å². The van der Waals surface area contributed by atoms with E-state index in [2.05, 4.69) is 20.7 Å². The number of hydrogen-bond acceptors (Lipinski definition) is 8. The highest BCUT2D eigenvalue weighted by Gasteiger charge is 2.08. The third-order valence-electron chi connectivity index (χ3n) is 4.81. The fourth-order valence-corrected chi connectivity index (χ4v) is 3.88. The van der Waals surface area contributed by atoms with Crippen molar-refractivity contribution in [1.82, 2.24) is 5.43 Å². The van der Waals surface area contributed by atoms with Gasteiger partial charge in [0.2, 0.25) is 5.17 Å². The number of nitrogens with one attached hydrogen (secondary N) is 1. The number of thioether (sulfide) groups is 1. The molecular formula is C26H24N4O4S. The van der Waals surface area contributed by atoms with Crippen LogP contribution in [0.3, 0.4) is 0 Å². The molecule has 0 saturated heterocycles. The average Bonchev–Trinajstić information content (AvgIpc) is 2.86. The van der Waals surface area contributed by atoms with E-state index in [0.717, 1.165) is 16.7 Å². The number of aldehydes is 2. The van der Waals surface area contributed by atoms with Crippen molar-refractivity contribution < 1.29 is 19.8 Å². The van der Waals surface area contributed by atoms with Crippen LogP contribution in [-0.4, -0.2) is 40.4 Å². The maximum Gasteiger partial charge on any atom is 0.203 e. The summed E-state index contributed by atoms with van der Waals surface area (Å²) < 4.78 is 0. The molecule has 0 atom stereocenters. The Labute approximate surface area is 207 Å². The second-order valence-corrected chi connectivity index (χ2v) is 8.58. The monoisotopic (exact) mass is 488 g/mol. The molecule has 0 fully saturated rings. The van der Waals surface area contributed by atoms with Crippen molar-refractivity contribution >= 4 is 41.9 Å². The number of aromatic hydroxyl groups is 2. The van der Waals surface area contributed by atoms with Crippen LogP contribution in [0, 0.1) is 13.8 Å². The Morgan fingerprint density at radius 3 is 1.97 bits per heavy atom. The second kappa shape index (κ2) is 12.3. The normalized spacial score (nSPS) is 11.8. The molecule has 0 heterocycles. The maximum absolute atomic E-state index is 11.2. The zero-order valence-corrected chi connectivity index (χ0v) is 20.0. The fourth-order valence-electron chi connectivity index (χ4n) is 3.16. The number of carbonyl (C=O) groups excluding carboxylic acids is 2. The SMILES string of the molecule is Cc1cc(C=O)c(O)c(C=NN=C(NN=Cc2cc(C)cc(C=O)c2O)SCc2ccccc2)c1. The van der Waals surface area contributed by atoms with Crippen LogP contribution in [0.25, 0.3) is 0 Å². The minimum Gasteiger partial charge on any atom is -0.507 e. The Morgan fingerprint density at radius 2 is 1.40 bits per heavy atom. The van der Waals surface area contributed by atoms with Crippen LogP contribution in [0.1, 0.15) is 48.5 Å². The lowest BCUT2D eigenvalue weighted by molar-refractivity contribution is 0.111. The van der Waals surface area contributed by atoms with Crippen molar-refractivity contribution in [3.05, 3.63) is 93.5 Å². The van der Waals surface area contributed by atoms with Crippen molar-refractivity contribution in [2.24, 2.45) is 15.3 Å². The van der Waals surface area contributed by atoms with Gasteiger partial charge in [-0.25, -0.2) is 0 Å². The molecule has 0 radical (unpaired) electrons. The summed E-state index contributed by atoms with van der Waals surface area (Å²) in [5.41, 5.74) is 6.56. The quantitative estimate of drug-likeness (QED) is 0.184. The number of nitrogens with zero attached hydrogens (tertiary/aromatic N) is 3. The van der Waals surface area contributed by atoms with Crippen molar-refractivity contribution in [3.63, 3.8) is 0 Å². The third kappa shape index (κ3) is 7.12. The van der Waals surface area contributed by atoms with E-state index >= 15 is 0 Å². The van der Waals surface area contributed by atoms with Crippen LogP contribution in [0.4, 0.5) is 0 Å².